The summed E-state index contributed by atoms with van der Waals surface area (Å²) in [6.07, 6.45) is 4.24. The number of rotatable bonds is 6. The van der Waals surface area contributed by atoms with Crippen LogP contribution in [0.15, 0.2) is 45.7 Å². The van der Waals surface area contributed by atoms with Crippen molar-refractivity contribution < 1.29 is 4.79 Å². The number of hydrogen-bond acceptors (Lipinski definition) is 6. The molecule has 33 heavy (non-hydrogen) atoms. The highest BCUT2D eigenvalue weighted by atomic mass is 32.2. The lowest BCUT2D eigenvalue weighted by atomic mass is 9.97. The van der Waals surface area contributed by atoms with Gasteiger partial charge in [-0.2, -0.15) is 0 Å². The van der Waals surface area contributed by atoms with Gasteiger partial charge in [-0.3, -0.25) is 14.2 Å². The Morgan fingerprint density at radius 1 is 1.18 bits per heavy atom. The van der Waals surface area contributed by atoms with Crippen LogP contribution in [0, 0.1) is 13.8 Å². The number of carbonyl (C=O) groups excluding carboxylic acids is 1. The molecule has 3 aromatic heterocycles. The number of amides is 1. The standard InChI is InChI=1S/C25H25N3O2S3/c1-15-9-10-17(12-16(15)2)28-24(30)22-19-7-3-4-8-20(19)33-23(22)27-25(28)32-14-21(29)26-13-18-6-5-11-31-18/h5-6,9-12H,3-4,7-8,13-14H2,1-2H3,(H,26,29). The third-order valence-corrected chi connectivity index (χ3v) is 9.08. The number of thiophene rings is 2. The van der Waals surface area contributed by atoms with Crippen molar-refractivity contribution in [2.45, 2.75) is 51.2 Å². The van der Waals surface area contributed by atoms with E-state index in [1.807, 2.05) is 42.6 Å². The number of fused-ring (bicyclic) bond motifs is 3. The lowest BCUT2D eigenvalue weighted by Crippen LogP contribution is -2.26. The summed E-state index contributed by atoms with van der Waals surface area (Å²) in [7, 11) is 0. The van der Waals surface area contributed by atoms with Gasteiger partial charge in [0.15, 0.2) is 5.16 Å². The van der Waals surface area contributed by atoms with E-state index in [1.54, 1.807) is 27.2 Å². The van der Waals surface area contributed by atoms with Crippen LogP contribution in [0.4, 0.5) is 0 Å². The maximum absolute atomic E-state index is 13.8. The summed E-state index contributed by atoms with van der Waals surface area (Å²) < 4.78 is 1.70. The summed E-state index contributed by atoms with van der Waals surface area (Å²) in [6, 6.07) is 10.0. The average molecular weight is 496 g/mol. The molecule has 3 heterocycles. The first-order valence-electron chi connectivity index (χ1n) is 11.1. The number of nitrogens with one attached hydrogen (secondary N) is 1. The van der Waals surface area contributed by atoms with Gasteiger partial charge in [0.25, 0.3) is 5.56 Å². The molecule has 0 saturated carbocycles. The van der Waals surface area contributed by atoms with Crippen molar-refractivity contribution in [2.24, 2.45) is 0 Å². The van der Waals surface area contributed by atoms with E-state index in [9.17, 15) is 9.59 Å². The number of benzene rings is 1. The minimum absolute atomic E-state index is 0.0239. The van der Waals surface area contributed by atoms with Gasteiger partial charge >= 0.3 is 0 Å². The largest absolute Gasteiger partial charge is 0.350 e. The Bertz CT molecular complexity index is 1390. The number of aromatic nitrogens is 2. The maximum Gasteiger partial charge on any atom is 0.267 e. The van der Waals surface area contributed by atoms with Crippen LogP contribution < -0.4 is 10.9 Å². The Morgan fingerprint density at radius 2 is 2.03 bits per heavy atom. The predicted molar refractivity (Wildman–Crippen MR) is 138 cm³/mol. The quantitative estimate of drug-likeness (QED) is 0.287. The second kappa shape index (κ2) is 9.44. The van der Waals surface area contributed by atoms with Crippen LogP contribution in [0.5, 0.6) is 0 Å². The molecule has 1 amide bonds. The van der Waals surface area contributed by atoms with Gasteiger partial charge in [-0.15, -0.1) is 22.7 Å². The third kappa shape index (κ3) is 4.52. The first-order valence-corrected chi connectivity index (χ1v) is 13.8. The van der Waals surface area contributed by atoms with E-state index in [-0.39, 0.29) is 17.2 Å². The molecular formula is C25H25N3O2S3. The first kappa shape index (κ1) is 22.4. The van der Waals surface area contributed by atoms with Crippen LogP contribution in [-0.2, 0) is 24.2 Å². The molecule has 8 heteroatoms. The Morgan fingerprint density at radius 3 is 2.82 bits per heavy atom. The molecule has 5 rings (SSSR count). The van der Waals surface area contributed by atoms with Crippen molar-refractivity contribution in [3.05, 3.63) is 72.5 Å². The Labute approximate surface area is 204 Å². The second-order valence-corrected chi connectivity index (χ2v) is 11.4. The number of thioether (sulfide) groups is 1. The summed E-state index contributed by atoms with van der Waals surface area (Å²) in [5.74, 6) is 0.138. The van der Waals surface area contributed by atoms with Crippen molar-refractivity contribution in [1.82, 2.24) is 14.9 Å². The number of aryl methyl sites for hydroxylation is 4. The highest BCUT2D eigenvalue weighted by Gasteiger charge is 2.23. The molecule has 0 saturated heterocycles. The predicted octanol–water partition coefficient (Wildman–Crippen LogP) is 5.41. The molecule has 4 aromatic rings. The Hall–Kier alpha value is -2.42. The molecule has 1 aliphatic carbocycles. The summed E-state index contributed by atoms with van der Waals surface area (Å²) in [5.41, 5.74) is 4.26. The van der Waals surface area contributed by atoms with Crippen LogP contribution in [0.25, 0.3) is 15.9 Å². The normalized spacial score (nSPS) is 13.3. The Balaban J connectivity index is 1.52. The number of nitrogens with zero attached hydrogens (tertiary/aromatic N) is 2. The van der Waals surface area contributed by atoms with E-state index >= 15 is 0 Å². The minimum Gasteiger partial charge on any atom is -0.350 e. The van der Waals surface area contributed by atoms with Gasteiger partial charge in [-0.25, -0.2) is 4.98 Å². The molecule has 170 valence electrons. The fourth-order valence-electron chi connectivity index (χ4n) is 4.16. The van der Waals surface area contributed by atoms with E-state index in [0.717, 1.165) is 52.0 Å². The molecule has 1 aromatic carbocycles. The van der Waals surface area contributed by atoms with Crippen LogP contribution in [0.1, 0.15) is 39.3 Å². The maximum atomic E-state index is 13.8. The molecule has 1 aliphatic rings. The van der Waals surface area contributed by atoms with E-state index in [4.69, 9.17) is 4.98 Å². The zero-order chi connectivity index (χ0) is 22.9. The molecule has 0 radical (unpaired) electrons. The van der Waals surface area contributed by atoms with Crippen molar-refractivity contribution >= 4 is 50.6 Å². The van der Waals surface area contributed by atoms with Crippen LogP contribution in [0.2, 0.25) is 0 Å². The van der Waals surface area contributed by atoms with Gasteiger partial charge in [-0.1, -0.05) is 23.9 Å². The zero-order valence-corrected chi connectivity index (χ0v) is 21.1. The second-order valence-electron chi connectivity index (χ2n) is 8.34. The number of carbonyl (C=O) groups is 1. The van der Waals surface area contributed by atoms with Gasteiger partial charge in [0.1, 0.15) is 4.83 Å². The van der Waals surface area contributed by atoms with Crippen LogP contribution in [0.3, 0.4) is 0 Å². The molecule has 0 fully saturated rings. The SMILES string of the molecule is Cc1ccc(-n2c(SCC(=O)NCc3cccs3)nc3sc4c(c3c2=O)CCCC4)cc1C. The van der Waals surface area contributed by atoms with E-state index in [2.05, 4.69) is 12.2 Å². The lowest BCUT2D eigenvalue weighted by molar-refractivity contribution is -0.118. The number of hydrogen-bond donors (Lipinski definition) is 1. The van der Waals surface area contributed by atoms with Crippen molar-refractivity contribution in [3.8, 4) is 5.69 Å². The van der Waals surface area contributed by atoms with Gasteiger partial charge in [0.05, 0.1) is 23.4 Å². The fourth-order valence-corrected chi connectivity index (χ4v) is 6.95. The molecule has 0 unspecified atom stereocenters. The zero-order valence-electron chi connectivity index (χ0n) is 18.6. The van der Waals surface area contributed by atoms with Crippen LogP contribution >= 0.6 is 34.4 Å². The van der Waals surface area contributed by atoms with Gasteiger partial charge < -0.3 is 5.32 Å². The molecule has 0 atom stereocenters. The van der Waals surface area contributed by atoms with Crippen molar-refractivity contribution in [2.75, 3.05) is 5.75 Å². The van der Waals surface area contributed by atoms with Crippen LogP contribution in [-0.4, -0.2) is 21.2 Å². The summed E-state index contributed by atoms with van der Waals surface area (Å²) in [5, 5.41) is 6.29. The molecule has 0 spiro atoms. The van der Waals surface area contributed by atoms with Gasteiger partial charge in [0, 0.05) is 9.75 Å². The minimum atomic E-state index is -0.0696. The molecule has 0 bridgehead atoms. The molecular weight excluding hydrogens is 470 g/mol. The van der Waals surface area contributed by atoms with Crippen molar-refractivity contribution in [1.29, 1.82) is 0 Å². The van der Waals surface area contributed by atoms with E-state index < -0.39 is 0 Å². The average Bonchev–Trinajstić information content (AvgIpc) is 3.46. The summed E-state index contributed by atoms with van der Waals surface area (Å²) >= 11 is 4.59. The lowest BCUT2D eigenvalue weighted by Gasteiger charge is -2.14. The Kier molecular flexibility index (Phi) is 6.40. The summed E-state index contributed by atoms with van der Waals surface area (Å²) in [4.78, 5) is 34.5. The highest BCUT2D eigenvalue weighted by Crippen LogP contribution is 2.35. The van der Waals surface area contributed by atoms with Crippen molar-refractivity contribution in [3.63, 3.8) is 0 Å². The molecule has 5 nitrogen and oxygen atoms in total. The topological polar surface area (TPSA) is 64.0 Å². The molecule has 1 N–H and O–H groups in total. The van der Waals surface area contributed by atoms with E-state index in [1.165, 1.54) is 27.8 Å². The summed E-state index contributed by atoms with van der Waals surface area (Å²) in [6.45, 7) is 4.63. The molecule has 0 aliphatic heterocycles. The van der Waals surface area contributed by atoms with Gasteiger partial charge in [0.2, 0.25) is 5.91 Å². The fraction of sp³-hybridized carbons (Fsp3) is 0.320. The highest BCUT2D eigenvalue weighted by molar-refractivity contribution is 7.99. The van der Waals surface area contributed by atoms with E-state index in [0.29, 0.717) is 11.7 Å². The monoisotopic (exact) mass is 495 g/mol. The van der Waals surface area contributed by atoms with Gasteiger partial charge in [-0.05, 0) is 79.8 Å². The smallest absolute Gasteiger partial charge is 0.267 e. The third-order valence-electron chi connectivity index (χ3n) is 6.08. The first-order chi connectivity index (χ1) is 16.0.